The van der Waals surface area contributed by atoms with Crippen molar-refractivity contribution in [2.75, 3.05) is 26.3 Å². The molecular formula is C16H28N2O4. The highest BCUT2D eigenvalue weighted by Crippen LogP contribution is 2.62. The molecule has 0 heterocycles. The summed E-state index contributed by atoms with van der Waals surface area (Å²) in [6.07, 6.45) is 5.32. The Kier molecular flexibility index (Phi) is 4.22. The van der Waals surface area contributed by atoms with Crippen molar-refractivity contribution in [3.05, 3.63) is 0 Å². The van der Waals surface area contributed by atoms with E-state index < -0.39 is 11.6 Å². The zero-order chi connectivity index (χ0) is 16.0. The molecule has 3 atom stereocenters. The fourth-order valence-electron chi connectivity index (χ4n) is 5.68. The Morgan fingerprint density at radius 2 is 1.68 bits per heavy atom. The van der Waals surface area contributed by atoms with Crippen LogP contribution in [0.4, 0.5) is 0 Å². The summed E-state index contributed by atoms with van der Waals surface area (Å²) in [6.45, 7) is 0.113. The molecule has 4 aliphatic rings. The lowest BCUT2D eigenvalue weighted by Crippen LogP contribution is -2.64. The predicted molar refractivity (Wildman–Crippen MR) is 80.8 cm³/mol. The van der Waals surface area contributed by atoms with E-state index in [1.54, 1.807) is 0 Å². The molecule has 4 bridgehead atoms. The monoisotopic (exact) mass is 312 g/mol. The third-order valence-electron chi connectivity index (χ3n) is 6.05. The summed E-state index contributed by atoms with van der Waals surface area (Å²) in [6, 6.07) is -0.650. The van der Waals surface area contributed by atoms with Crippen LogP contribution in [0.1, 0.15) is 38.5 Å². The van der Waals surface area contributed by atoms with Crippen molar-refractivity contribution in [1.82, 2.24) is 4.90 Å². The Hall–Kier alpha value is -0.690. The minimum absolute atomic E-state index is 0.138. The zero-order valence-electron chi connectivity index (χ0n) is 13.1. The summed E-state index contributed by atoms with van der Waals surface area (Å²) in [7, 11) is 0. The summed E-state index contributed by atoms with van der Waals surface area (Å²) in [5, 5.41) is 29.0. The molecule has 0 saturated heterocycles. The minimum atomic E-state index is -0.650. The molecule has 4 rings (SSSR count). The molecular weight excluding hydrogens is 284 g/mol. The lowest BCUT2D eigenvalue weighted by atomic mass is 9.46. The molecule has 2 unspecified atom stereocenters. The SMILES string of the molecule is N[C@H](C(=O)N(CCO)CCO)C12CC3CC(CC(O)(C3)C1)C2. The number of carbonyl (C=O) groups is 1. The maximum Gasteiger partial charge on any atom is 0.240 e. The Morgan fingerprint density at radius 3 is 2.14 bits per heavy atom. The Morgan fingerprint density at radius 1 is 1.14 bits per heavy atom. The number of hydrogen-bond acceptors (Lipinski definition) is 5. The van der Waals surface area contributed by atoms with Crippen LogP contribution in [-0.2, 0) is 4.79 Å². The number of amides is 1. The Labute approximate surface area is 131 Å². The van der Waals surface area contributed by atoms with Crippen molar-refractivity contribution in [1.29, 1.82) is 0 Å². The van der Waals surface area contributed by atoms with Gasteiger partial charge in [-0.25, -0.2) is 0 Å². The number of aliphatic hydroxyl groups excluding tert-OH is 2. The smallest absolute Gasteiger partial charge is 0.240 e. The first kappa shape index (κ1) is 16.2. The van der Waals surface area contributed by atoms with E-state index in [4.69, 9.17) is 15.9 Å². The molecule has 0 aromatic heterocycles. The fourth-order valence-corrected chi connectivity index (χ4v) is 5.68. The van der Waals surface area contributed by atoms with Crippen molar-refractivity contribution in [3.8, 4) is 0 Å². The lowest BCUT2D eigenvalue weighted by molar-refractivity contribution is -0.177. The van der Waals surface area contributed by atoms with E-state index in [0.29, 0.717) is 18.3 Å². The summed E-state index contributed by atoms with van der Waals surface area (Å²) >= 11 is 0. The quantitative estimate of drug-likeness (QED) is 0.527. The van der Waals surface area contributed by atoms with Gasteiger partial charge in [0.2, 0.25) is 5.91 Å². The molecule has 0 aromatic rings. The third-order valence-corrected chi connectivity index (χ3v) is 6.05. The van der Waals surface area contributed by atoms with E-state index in [1.165, 1.54) is 4.90 Å². The normalized spacial score (nSPS) is 40.7. The molecule has 0 aromatic carbocycles. The van der Waals surface area contributed by atoms with Crippen molar-refractivity contribution in [2.24, 2.45) is 23.0 Å². The van der Waals surface area contributed by atoms with Gasteiger partial charge >= 0.3 is 0 Å². The van der Waals surface area contributed by atoms with Crippen molar-refractivity contribution >= 4 is 5.91 Å². The molecule has 4 saturated carbocycles. The van der Waals surface area contributed by atoms with Gasteiger partial charge in [0.15, 0.2) is 0 Å². The van der Waals surface area contributed by atoms with Gasteiger partial charge < -0.3 is 26.0 Å². The number of nitrogens with two attached hydrogens (primary N) is 1. The van der Waals surface area contributed by atoms with Crippen molar-refractivity contribution < 1.29 is 20.1 Å². The van der Waals surface area contributed by atoms with Crippen molar-refractivity contribution in [2.45, 2.75) is 50.2 Å². The number of nitrogens with zero attached hydrogens (tertiary/aromatic N) is 1. The van der Waals surface area contributed by atoms with Crippen LogP contribution in [0.2, 0.25) is 0 Å². The average Bonchev–Trinajstić information content (AvgIpc) is 2.43. The van der Waals surface area contributed by atoms with Gasteiger partial charge in [-0.2, -0.15) is 0 Å². The molecule has 5 N–H and O–H groups in total. The average molecular weight is 312 g/mol. The highest BCUT2D eigenvalue weighted by molar-refractivity contribution is 5.82. The number of carbonyl (C=O) groups excluding carboxylic acids is 1. The van der Waals surface area contributed by atoms with E-state index in [-0.39, 0.29) is 37.6 Å². The third kappa shape index (κ3) is 2.66. The number of rotatable bonds is 6. The van der Waals surface area contributed by atoms with Gasteiger partial charge in [0.1, 0.15) is 0 Å². The highest BCUT2D eigenvalue weighted by atomic mass is 16.3. The first-order valence-electron chi connectivity index (χ1n) is 8.40. The summed E-state index contributed by atoms with van der Waals surface area (Å²) in [5.41, 5.74) is 5.43. The molecule has 0 radical (unpaired) electrons. The molecule has 1 amide bonds. The first-order chi connectivity index (χ1) is 10.4. The van der Waals surface area contributed by atoms with Crippen LogP contribution < -0.4 is 5.73 Å². The van der Waals surface area contributed by atoms with Gasteiger partial charge in [0.25, 0.3) is 0 Å². The van der Waals surface area contributed by atoms with E-state index in [9.17, 15) is 9.90 Å². The van der Waals surface area contributed by atoms with Gasteiger partial charge in [-0.15, -0.1) is 0 Å². The standard InChI is InChI=1S/C16H28N2O4/c17-13(14(21)18(1-3-19)2-4-20)15-6-11-5-12(7-15)9-16(22,8-11)10-15/h11-13,19-20,22H,1-10,17H2/t11?,12?,13-,15?,16?/m1/s1. The van der Waals surface area contributed by atoms with Gasteiger partial charge in [-0.1, -0.05) is 0 Å². The number of hydrogen-bond donors (Lipinski definition) is 4. The maximum absolute atomic E-state index is 12.7. The Balaban J connectivity index is 1.78. The predicted octanol–water partition coefficient (Wildman–Crippen LogP) is -0.542. The van der Waals surface area contributed by atoms with Gasteiger partial charge in [0.05, 0.1) is 24.9 Å². The van der Waals surface area contributed by atoms with E-state index in [0.717, 1.165) is 32.1 Å². The highest BCUT2D eigenvalue weighted by Gasteiger charge is 2.60. The van der Waals surface area contributed by atoms with Gasteiger partial charge in [-0.3, -0.25) is 4.79 Å². The summed E-state index contributed by atoms with van der Waals surface area (Å²) in [5.74, 6) is 0.761. The molecule has 4 aliphatic carbocycles. The molecule has 6 nitrogen and oxygen atoms in total. The second kappa shape index (κ2) is 5.74. The maximum atomic E-state index is 12.7. The van der Waals surface area contributed by atoms with Gasteiger partial charge in [0, 0.05) is 13.1 Å². The van der Waals surface area contributed by atoms with Gasteiger partial charge in [-0.05, 0) is 55.8 Å². The second-order valence-electron chi connectivity index (χ2n) is 7.80. The van der Waals surface area contributed by atoms with E-state index >= 15 is 0 Å². The molecule has 6 heteroatoms. The van der Waals surface area contributed by atoms with Crippen LogP contribution >= 0.6 is 0 Å². The largest absolute Gasteiger partial charge is 0.395 e. The van der Waals surface area contributed by atoms with E-state index in [1.807, 2.05) is 0 Å². The first-order valence-corrected chi connectivity index (χ1v) is 8.40. The van der Waals surface area contributed by atoms with Crippen LogP contribution in [0.5, 0.6) is 0 Å². The number of aliphatic hydroxyl groups is 3. The van der Waals surface area contributed by atoms with Crippen LogP contribution in [0.15, 0.2) is 0 Å². The lowest BCUT2D eigenvalue weighted by Gasteiger charge is -2.61. The molecule has 126 valence electrons. The van der Waals surface area contributed by atoms with E-state index in [2.05, 4.69) is 0 Å². The summed E-state index contributed by atoms with van der Waals surface area (Å²) in [4.78, 5) is 14.2. The zero-order valence-corrected chi connectivity index (χ0v) is 13.1. The minimum Gasteiger partial charge on any atom is -0.395 e. The van der Waals surface area contributed by atoms with Crippen molar-refractivity contribution in [3.63, 3.8) is 0 Å². The fraction of sp³-hybridized carbons (Fsp3) is 0.938. The van der Waals surface area contributed by atoms with Crippen LogP contribution in [0, 0.1) is 17.3 Å². The molecule has 22 heavy (non-hydrogen) atoms. The van der Waals surface area contributed by atoms with Crippen LogP contribution in [0.25, 0.3) is 0 Å². The topological polar surface area (TPSA) is 107 Å². The van der Waals surface area contributed by atoms with Crippen LogP contribution in [0.3, 0.4) is 0 Å². The second-order valence-corrected chi connectivity index (χ2v) is 7.80. The molecule has 0 spiro atoms. The Bertz CT molecular complexity index is 422. The molecule has 4 fully saturated rings. The summed E-state index contributed by atoms with van der Waals surface area (Å²) < 4.78 is 0. The molecule has 0 aliphatic heterocycles. The van der Waals surface area contributed by atoms with Crippen LogP contribution in [-0.4, -0.2) is 64.1 Å².